The van der Waals surface area contributed by atoms with Crippen molar-refractivity contribution >= 4 is 0 Å². The van der Waals surface area contributed by atoms with Gasteiger partial charge in [0.05, 0.1) is 12.2 Å². The summed E-state index contributed by atoms with van der Waals surface area (Å²) in [6.07, 6.45) is 5.47. The molecule has 0 bridgehead atoms. The van der Waals surface area contributed by atoms with Gasteiger partial charge in [-0.2, -0.15) is 0 Å². The summed E-state index contributed by atoms with van der Waals surface area (Å²) in [5, 5.41) is 9.89. The van der Waals surface area contributed by atoms with Gasteiger partial charge in [-0.3, -0.25) is 0 Å². The third-order valence-corrected chi connectivity index (χ3v) is 3.12. The molecule has 2 atom stereocenters. The van der Waals surface area contributed by atoms with Crippen LogP contribution in [-0.4, -0.2) is 23.9 Å². The molecule has 78 valence electrons. The van der Waals surface area contributed by atoms with Gasteiger partial charge in [0.1, 0.15) is 0 Å². The van der Waals surface area contributed by atoms with E-state index in [1.165, 1.54) is 6.42 Å². The molecule has 1 fully saturated rings. The topological polar surface area (TPSA) is 29.5 Å². The first-order valence-corrected chi connectivity index (χ1v) is 5.57. The van der Waals surface area contributed by atoms with Crippen molar-refractivity contribution in [1.29, 1.82) is 0 Å². The van der Waals surface area contributed by atoms with Gasteiger partial charge in [0.25, 0.3) is 0 Å². The van der Waals surface area contributed by atoms with Gasteiger partial charge in [-0.05, 0) is 25.2 Å². The summed E-state index contributed by atoms with van der Waals surface area (Å²) in [4.78, 5) is 0. The monoisotopic (exact) mass is 186 g/mol. The molecule has 2 nitrogen and oxygen atoms in total. The van der Waals surface area contributed by atoms with Crippen molar-refractivity contribution in [2.45, 2.75) is 58.2 Å². The van der Waals surface area contributed by atoms with Crippen LogP contribution in [0.5, 0.6) is 0 Å². The third-order valence-electron chi connectivity index (χ3n) is 3.12. The predicted octanol–water partition coefficient (Wildman–Crippen LogP) is 2.35. The van der Waals surface area contributed by atoms with Crippen LogP contribution in [-0.2, 0) is 4.74 Å². The summed E-state index contributed by atoms with van der Waals surface area (Å²) in [6, 6.07) is 0. The van der Waals surface area contributed by atoms with Crippen molar-refractivity contribution in [3.8, 4) is 0 Å². The second-order valence-electron chi connectivity index (χ2n) is 4.01. The second kappa shape index (κ2) is 5.61. The number of rotatable bonds is 5. The molecule has 1 saturated heterocycles. The third kappa shape index (κ3) is 3.28. The normalized spacial score (nSPS) is 25.4. The smallest absolute Gasteiger partial charge is 0.0600 e. The molecule has 0 aromatic heterocycles. The molecule has 0 saturated carbocycles. The Bertz CT molecular complexity index is 126. The summed E-state index contributed by atoms with van der Waals surface area (Å²) in [5.74, 6) is 0.462. The van der Waals surface area contributed by atoms with E-state index in [0.717, 1.165) is 32.3 Å². The lowest BCUT2D eigenvalue weighted by atomic mass is 9.92. The number of hydrogen-bond donors (Lipinski definition) is 1. The van der Waals surface area contributed by atoms with Crippen molar-refractivity contribution in [1.82, 2.24) is 0 Å². The molecule has 1 N–H and O–H groups in total. The fourth-order valence-electron chi connectivity index (χ4n) is 2.12. The van der Waals surface area contributed by atoms with Crippen molar-refractivity contribution < 1.29 is 9.84 Å². The Labute approximate surface area is 81.3 Å². The summed E-state index contributed by atoms with van der Waals surface area (Å²) < 4.78 is 5.50. The molecular weight excluding hydrogens is 164 g/mol. The number of aliphatic hydroxyl groups is 1. The van der Waals surface area contributed by atoms with Crippen molar-refractivity contribution in [2.75, 3.05) is 6.61 Å². The molecule has 0 aromatic carbocycles. The quantitative estimate of drug-likeness (QED) is 0.714. The molecule has 1 heterocycles. The minimum absolute atomic E-state index is 0.155. The Kier molecular flexibility index (Phi) is 4.74. The van der Waals surface area contributed by atoms with E-state index in [2.05, 4.69) is 13.8 Å². The lowest BCUT2D eigenvalue weighted by Crippen LogP contribution is -2.24. The lowest BCUT2D eigenvalue weighted by Gasteiger charge is -2.22. The maximum atomic E-state index is 9.89. The molecule has 1 aliphatic heterocycles. The maximum Gasteiger partial charge on any atom is 0.0600 e. The molecule has 2 unspecified atom stereocenters. The summed E-state index contributed by atoms with van der Waals surface area (Å²) >= 11 is 0. The highest BCUT2D eigenvalue weighted by molar-refractivity contribution is 4.74. The highest BCUT2D eigenvalue weighted by Gasteiger charge is 2.23. The second-order valence-corrected chi connectivity index (χ2v) is 4.01. The molecule has 1 rings (SSSR count). The molecule has 0 spiro atoms. The summed E-state index contributed by atoms with van der Waals surface area (Å²) in [6.45, 7) is 5.18. The van der Waals surface area contributed by atoms with E-state index in [-0.39, 0.29) is 6.10 Å². The summed E-state index contributed by atoms with van der Waals surface area (Å²) in [5.41, 5.74) is 0. The molecule has 0 amide bonds. The molecule has 1 aliphatic rings. The zero-order chi connectivity index (χ0) is 9.68. The Hall–Kier alpha value is -0.0800. The van der Waals surface area contributed by atoms with Crippen LogP contribution in [0.3, 0.4) is 0 Å². The molecule has 13 heavy (non-hydrogen) atoms. The van der Waals surface area contributed by atoms with Crippen LogP contribution in [0.25, 0.3) is 0 Å². The zero-order valence-corrected chi connectivity index (χ0v) is 8.83. The molecular formula is C11H22O2. The molecule has 0 aromatic rings. The van der Waals surface area contributed by atoms with Gasteiger partial charge in [-0.25, -0.2) is 0 Å². The first-order chi connectivity index (χ1) is 6.27. The van der Waals surface area contributed by atoms with E-state index in [9.17, 15) is 5.11 Å². The van der Waals surface area contributed by atoms with E-state index in [0.29, 0.717) is 12.0 Å². The van der Waals surface area contributed by atoms with Crippen LogP contribution in [0.1, 0.15) is 46.0 Å². The molecule has 0 radical (unpaired) electrons. The first kappa shape index (κ1) is 11.0. The lowest BCUT2D eigenvalue weighted by molar-refractivity contribution is 0.0252. The Morgan fingerprint density at radius 3 is 2.54 bits per heavy atom. The largest absolute Gasteiger partial charge is 0.393 e. The van der Waals surface area contributed by atoms with Gasteiger partial charge in [0, 0.05) is 6.61 Å². The van der Waals surface area contributed by atoms with Gasteiger partial charge >= 0.3 is 0 Å². The average molecular weight is 186 g/mol. The molecule has 2 heteroatoms. The van der Waals surface area contributed by atoms with Gasteiger partial charge in [0.2, 0.25) is 0 Å². The number of ether oxygens (including phenoxy) is 1. The number of hydrogen-bond acceptors (Lipinski definition) is 2. The fraction of sp³-hybridized carbons (Fsp3) is 1.00. The van der Waals surface area contributed by atoms with Crippen LogP contribution in [0, 0.1) is 5.92 Å². The van der Waals surface area contributed by atoms with E-state index < -0.39 is 0 Å². The minimum atomic E-state index is -0.155. The Morgan fingerprint density at radius 1 is 1.38 bits per heavy atom. The van der Waals surface area contributed by atoms with Crippen molar-refractivity contribution in [2.24, 2.45) is 5.92 Å². The average Bonchev–Trinajstić information content (AvgIpc) is 2.59. The maximum absolute atomic E-state index is 9.89. The van der Waals surface area contributed by atoms with Crippen LogP contribution in [0.4, 0.5) is 0 Å². The zero-order valence-electron chi connectivity index (χ0n) is 8.83. The van der Waals surface area contributed by atoms with Gasteiger partial charge < -0.3 is 9.84 Å². The van der Waals surface area contributed by atoms with Gasteiger partial charge in [-0.1, -0.05) is 26.7 Å². The first-order valence-electron chi connectivity index (χ1n) is 5.57. The Balaban J connectivity index is 2.25. The van der Waals surface area contributed by atoms with E-state index in [1.807, 2.05) is 0 Å². The van der Waals surface area contributed by atoms with E-state index in [1.54, 1.807) is 0 Å². The van der Waals surface area contributed by atoms with E-state index >= 15 is 0 Å². The predicted molar refractivity (Wildman–Crippen MR) is 53.7 cm³/mol. The minimum Gasteiger partial charge on any atom is -0.393 e. The van der Waals surface area contributed by atoms with Crippen molar-refractivity contribution in [3.63, 3.8) is 0 Å². The van der Waals surface area contributed by atoms with Crippen LogP contribution < -0.4 is 0 Å². The van der Waals surface area contributed by atoms with E-state index in [4.69, 9.17) is 4.74 Å². The number of aliphatic hydroxyl groups excluding tert-OH is 1. The molecule has 0 aliphatic carbocycles. The van der Waals surface area contributed by atoms with Gasteiger partial charge in [0.15, 0.2) is 0 Å². The summed E-state index contributed by atoms with van der Waals surface area (Å²) in [7, 11) is 0. The van der Waals surface area contributed by atoms with Crippen LogP contribution >= 0.6 is 0 Å². The van der Waals surface area contributed by atoms with Crippen LogP contribution in [0.2, 0.25) is 0 Å². The highest BCUT2D eigenvalue weighted by atomic mass is 16.5. The SMILES string of the molecule is CCC(CC)C(O)CC1CCCO1. The Morgan fingerprint density at radius 2 is 2.08 bits per heavy atom. The standard InChI is InChI=1S/C11H22O2/c1-3-9(4-2)11(12)8-10-6-5-7-13-10/h9-12H,3-8H2,1-2H3. The van der Waals surface area contributed by atoms with Gasteiger partial charge in [-0.15, -0.1) is 0 Å². The highest BCUT2D eigenvalue weighted by Crippen LogP contribution is 2.23. The van der Waals surface area contributed by atoms with Crippen molar-refractivity contribution in [3.05, 3.63) is 0 Å². The van der Waals surface area contributed by atoms with Crippen LogP contribution in [0.15, 0.2) is 0 Å². The fourth-order valence-corrected chi connectivity index (χ4v) is 2.12.